The first kappa shape index (κ1) is 19.1. The lowest BCUT2D eigenvalue weighted by atomic mass is 10.00. The number of hydrogen-bond acceptors (Lipinski definition) is 4. The van der Waals surface area contributed by atoms with Crippen molar-refractivity contribution in [3.8, 4) is 0 Å². The van der Waals surface area contributed by atoms with Crippen molar-refractivity contribution in [2.75, 3.05) is 18.4 Å². The maximum Gasteiger partial charge on any atom is 0.416 e. The molecule has 1 aliphatic heterocycles. The first-order chi connectivity index (χ1) is 12.7. The number of carbonyl (C=O) groups is 1. The van der Waals surface area contributed by atoms with Crippen molar-refractivity contribution >= 4 is 17.4 Å². The van der Waals surface area contributed by atoms with Gasteiger partial charge in [-0.3, -0.25) is 4.79 Å². The molecular weight excluding hydrogens is 357 g/mol. The first-order valence-corrected chi connectivity index (χ1v) is 8.81. The fourth-order valence-corrected chi connectivity index (χ4v) is 3.17. The van der Waals surface area contributed by atoms with Crippen LogP contribution in [0.5, 0.6) is 0 Å². The van der Waals surface area contributed by atoms with Crippen molar-refractivity contribution in [2.45, 2.75) is 32.9 Å². The van der Waals surface area contributed by atoms with E-state index < -0.39 is 11.7 Å². The summed E-state index contributed by atoms with van der Waals surface area (Å²) < 4.78 is 38.0. The maximum atomic E-state index is 12.7. The standard InChI is InChI=1S/C19H21F3N4O/c1-12-4-3-9-26(11-12)18(27)16-10-17(24-13(2)23-16)25-15-7-5-14(6-8-15)19(20,21)22/h5-8,10,12H,3-4,9,11H2,1-2H3,(H,23,24,25). The summed E-state index contributed by atoms with van der Waals surface area (Å²) in [6.07, 6.45) is -2.31. The van der Waals surface area contributed by atoms with Crippen LogP contribution >= 0.6 is 0 Å². The highest BCUT2D eigenvalue weighted by Gasteiger charge is 2.30. The molecule has 5 nitrogen and oxygen atoms in total. The molecule has 27 heavy (non-hydrogen) atoms. The van der Waals surface area contributed by atoms with Crippen molar-refractivity contribution in [2.24, 2.45) is 5.92 Å². The third-order valence-corrected chi connectivity index (χ3v) is 4.49. The van der Waals surface area contributed by atoms with Gasteiger partial charge >= 0.3 is 6.18 Å². The highest BCUT2D eigenvalue weighted by atomic mass is 19.4. The summed E-state index contributed by atoms with van der Waals surface area (Å²) in [6, 6.07) is 6.18. The topological polar surface area (TPSA) is 58.1 Å². The molecule has 0 saturated carbocycles. The minimum Gasteiger partial charge on any atom is -0.340 e. The van der Waals surface area contributed by atoms with Crippen molar-refractivity contribution in [1.29, 1.82) is 0 Å². The quantitative estimate of drug-likeness (QED) is 0.859. The van der Waals surface area contributed by atoms with E-state index in [0.29, 0.717) is 36.3 Å². The van der Waals surface area contributed by atoms with Gasteiger partial charge in [0.25, 0.3) is 5.91 Å². The summed E-state index contributed by atoms with van der Waals surface area (Å²) in [7, 11) is 0. The molecule has 2 heterocycles. The van der Waals surface area contributed by atoms with Gasteiger partial charge in [0, 0.05) is 24.8 Å². The number of rotatable bonds is 3. The minimum absolute atomic E-state index is 0.150. The van der Waals surface area contributed by atoms with E-state index in [1.54, 1.807) is 11.8 Å². The van der Waals surface area contributed by atoms with Gasteiger partial charge in [-0.25, -0.2) is 9.97 Å². The van der Waals surface area contributed by atoms with Crippen LogP contribution in [-0.2, 0) is 6.18 Å². The molecule has 1 aromatic heterocycles. The summed E-state index contributed by atoms with van der Waals surface area (Å²) in [4.78, 5) is 23.0. The SMILES string of the molecule is Cc1nc(Nc2ccc(C(F)(F)F)cc2)cc(C(=O)N2CCCC(C)C2)n1. The fraction of sp³-hybridized carbons (Fsp3) is 0.421. The largest absolute Gasteiger partial charge is 0.416 e. The minimum atomic E-state index is -4.38. The lowest BCUT2D eigenvalue weighted by molar-refractivity contribution is -0.137. The van der Waals surface area contributed by atoms with Crippen LogP contribution in [0, 0.1) is 12.8 Å². The van der Waals surface area contributed by atoms with Crippen LogP contribution in [0.15, 0.2) is 30.3 Å². The molecule has 1 amide bonds. The van der Waals surface area contributed by atoms with Crippen LogP contribution in [0.3, 0.4) is 0 Å². The number of hydrogen-bond donors (Lipinski definition) is 1. The molecule has 0 spiro atoms. The Morgan fingerprint density at radius 2 is 1.93 bits per heavy atom. The average Bonchev–Trinajstić information content (AvgIpc) is 2.60. The van der Waals surface area contributed by atoms with Gasteiger partial charge in [-0.05, 0) is 49.9 Å². The zero-order valence-electron chi connectivity index (χ0n) is 15.2. The number of alkyl halides is 3. The summed E-state index contributed by atoms with van der Waals surface area (Å²) in [6.45, 7) is 5.19. The van der Waals surface area contributed by atoms with E-state index in [4.69, 9.17) is 0 Å². The van der Waals surface area contributed by atoms with Gasteiger partial charge in [-0.1, -0.05) is 6.92 Å². The van der Waals surface area contributed by atoms with E-state index in [1.165, 1.54) is 18.2 Å². The van der Waals surface area contributed by atoms with Gasteiger partial charge in [0.15, 0.2) is 0 Å². The number of piperidine rings is 1. The molecule has 0 bridgehead atoms. The Labute approximate surface area is 155 Å². The molecule has 1 saturated heterocycles. The van der Waals surface area contributed by atoms with Crippen molar-refractivity contribution in [3.05, 3.63) is 47.4 Å². The van der Waals surface area contributed by atoms with Gasteiger partial charge in [0.2, 0.25) is 0 Å². The summed E-state index contributed by atoms with van der Waals surface area (Å²) >= 11 is 0. The van der Waals surface area contributed by atoms with E-state index in [0.717, 1.165) is 25.0 Å². The molecule has 1 aliphatic rings. The molecule has 3 rings (SSSR count). The van der Waals surface area contributed by atoms with E-state index in [2.05, 4.69) is 22.2 Å². The number of aromatic nitrogens is 2. The number of likely N-dealkylation sites (tertiary alicyclic amines) is 1. The molecule has 0 aliphatic carbocycles. The number of nitrogens with zero attached hydrogens (tertiary/aromatic N) is 3. The average molecular weight is 378 g/mol. The lowest BCUT2D eigenvalue weighted by Crippen LogP contribution is -2.39. The van der Waals surface area contributed by atoms with Crippen LogP contribution < -0.4 is 5.32 Å². The molecule has 1 unspecified atom stereocenters. The normalized spacial score (nSPS) is 17.7. The first-order valence-electron chi connectivity index (χ1n) is 8.81. The summed E-state index contributed by atoms with van der Waals surface area (Å²) in [5.41, 5.74) is 0.0131. The number of carbonyl (C=O) groups excluding carboxylic acids is 1. The highest BCUT2D eigenvalue weighted by Crippen LogP contribution is 2.30. The van der Waals surface area contributed by atoms with E-state index in [1.807, 2.05) is 0 Å². The number of aryl methyl sites for hydroxylation is 1. The monoisotopic (exact) mass is 378 g/mol. The zero-order valence-corrected chi connectivity index (χ0v) is 15.2. The Bertz CT molecular complexity index is 821. The Morgan fingerprint density at radius 1 is 1.22 bits per heavy atom. The fourth-order valence-electron chi connectivity index (χ4n) is 3.17. The van der Waals surface area contributed by atoms with Gasteiger partial charge in [-0.2, -0.15) is 13.2 Å². The number of halogens is 3. The summed E-state index contributed by atoms with van der Waals surface area (Å²) in [5, 5.41) is 2.94. The van der Waals surface area contributed by atoms with Gasteiger partial charge < -0.3 is 10.2 Å². The molecule has 144 valence electrons. The maximum absolute atomic E-state index is 12.7. The predicted molar refractivity (Wildman–Crippen MR) is 95.8 cm³/mol. The number of amides is 1. The highest BCUT2D eigenvalue weighted by molar-refractivity contribution is 5.93. The van der Waals surface area contributed by atoms with Gasteiger partial charge in [0.1, 0.15) is 17.3 Å². The molecule has 0 radical (unpaired) electrons. The van der Waals surface area contributed by atoms with E-state index in [9.17, 15) is 18.0 Å². The predicted octanol–water partition coefficient (Wildman–Crippen LogP) is 4.42. The second-order valence-corrected chi connectivity index (χ2v) is 6.88. The number of anilines is 2. The number of nitrogens with one attached hydrogen (secondary N) is 1. The molecular formula is C19H21F3N4O. The third kappa shape index (κ3) is 4.75. The van der Waals surface area contributed by atoms with Crippen LogP contribution in [0.25, 0.3) is 0 Å². The number of benzene rings is 1. The Kier molecular flexibility index (Phi) is 5.34. The lowest BCUT2D eigenvalue weighted by Gasteiger charge is -2.30. The van der Waals surface area contributed by atoms with Crippen LogP contribution in [0.2, 0.25) is 0 Å². The smallest absolute Gasteiger partial charge is 0.340 e. The second kappa shape index (κ2) is 7.54. The van der Waals surface area contributed by atoms with Crippen LogP contribution in [0.4, 0.5) is 24.7 Å². The Balaban J connectivity index is 1.78. The molecule has 1 aromatic carbocycles. The van der Waals surface area contributed by atoms with Crippen LogP contribution in [-0.4, -0.2) is 33.9 Å². The molecule has 8 heteroatoms. The Morgan fingerprint density at radius 3 is 2.56 bits per heavy atom. The molecule has 1 atom stereocenters. The van der Waals surface area contributed by atoms with Gasteiger partial charge in [0.05, 0.1) is 5.56 Å². The molecule has 1 N–H and O–H groups in total. The van der Waals surface area contributed by atoms with E-state index in [-0.39, 0.29) is 11.6 Å². The summed E-state index contributed by atoms with van der Waals surface area (Å²) in [5.74, 6) is 1.09. The van der Waals surface area contributed by atoms with E-state index >= 15 is 0 Å². The van der Waals surface area contributed by atoms with Crippen LogP contribution in [0.1, 0.15) is 41.6 Å². The molecule has 2 aromatic rings. The third-order valence-electron chi connectivity index (χ3n) is 4.49. The second-order valence-electron chi connectivity index (χ2n) is 6.88. The zero-order chi connectivity index (χ0) is 19.6. The van der Waals surface area contributed by atoms with Gasteiger partial charge in [-0.15, -0.1) is 0 Å². The van der Waals surface area contributed by atoms with Crippen molar-refractivity contribution < 1.29 is 18.0 Å². The molecule has 1 fully saturated rings. The van der Waals surface area contributed by atoms with Crippen molar-refractivity contribution in [3.63, 3.8) is 0 Å². The Hall–Kier alpha value is -2.64. The van der Waals surface area contributed by atoms with Crippen molar-refractivity contribution in [1.82, 2.24) is 14.9 Å².